The van der Waals surface area contributed by atoms with Gasteiger partial charge in [-0.3, -0.25) is 9.97 Å². The number of nitrogens with zero attached hydrogens (tertiary/aromatic N) is 2. The Labute approximate surface area is 101 Å². The molecule has 0 fully saturated rings. The van der Waals surface area contributed by atoms with E-state index in [1.54, 1.807) is 30.7 Å². The molecular formula is C11H9BrN2O2. The number of aromatic nitrogens is 2. The van der Waals surface area contributed by atoms with Crippen LogP contribution in [0.3, 0.4) is 0 Å². The van der Waals surface area contributed by atoms with E-state index < -0.39 is 0 Å². The molecule has 1 N–H and O–H groups in total. The maximum absolute atomic E-state index is 8.93. The predicted molar refractivity (Wildman–Crippen MR) is 62.2 cm³/mol. The zero-order valence-electron chi connectivity index (χ0n) is 8.30. The first-order chi connectivity index (χ1) is 7.78. The third kappa shape index (κ3) is 2.77. The van der Waals surface area contributed by atoms with Crippen LogP contribution in [0, 0.1) is 0 Å². The molecule has 2 heterocycles. The second-order valence-electron chi connectivity index (χ2n) is 3.08. The first-order valence-corrected chi connectivity index (χ1v) is 5.41. The van der Waals surface area contributed by atoms with E-state index in [0.29, 0.717) is 17.2 Å². The number of halogens is 1. The van der Waals surface area contributed by atoms with Gasteiger partial charge in [-0.2, -0.15) is 0 Å². The van der Waals surface area contributed by atoms with Crippen LogP contribution >= 0.6 is 15.9 Å². The zero-order valence-corrected chi connectivity index (χ0v) is 9.89. The second kappa shape index (κ2) is 5.05. The summed E-state index contributed by atoms with van der Waals surface area (Å²) in [5.74, 6) is 1.25. The number of rotatable bonds is 3. The fourth-order valence-corrected chi connectivity index (χ4v) is 1.53. The fraction of sp³-hybridized carbons (Fsp3) is 0.0909. The lowest BCUT2D eigenvalue weighted by molar-refractivity contribution is 0.276. The average Bonchev–Trinajstić information content (AvgIpc) is 2.29. The molecular weight excluding hydrogens is 272 g/mol. The van der Waals surface area contributed by atoms with Gasteiger partial charge >= 0.3 is 0 Å². The van der Waals surface area contributed by atoms with Crippen molar-refractivity contribution in [3.63, 3.8) is 0 Å². The molecule has 0 aromatic carbocycles. The highest BCUT2D eigenvalue weighted by molar-refractivity contribution is 9.10. The molecule has 2 aromatic rings. The Morgan fingerprint density at radius 1 is 1.25 bits per heavy atom. The van der Waals surface area contributed by atoms with Gasteiger partial charge in [0.1, 0.15) is 11.5 Å². The summed E-state index contributed by atoms with van der Waals surface area (Å²) in [6, 6.07) is 5.22. The summed E-state index contributed by atoms with van der Waals surface area (Å²) in [6.45, 7) is -0.103. The van der Waals surface area contributed by atoms with Gasteiger partial charge in [0, 0.05) is 22.9 Å². The van der Waals surface area contributed by atoms with Crippen LogP contribution in [-0.2, 0) is 6.61 Å². The second-order valence-corrected chi connectivity index (χ2v) is 4.00. The van der Waals surface area contributed by atoms with Gasteiger partial charge < -0.3 is 9.84 Å². The molecule has 0 aliphatic heterocycles. The lowest BCUT2D eigenvalue weighted by Gasteiger charge is -2.05. The molecule has 0 spiro atoms. The molecule has 0 atom stereocenters. The summed E-state index contributed by atoms with van der Waals surface area (Å²) < 4.78 is 6.41. The van der Waals surface area contributed by atoms with Crippen LogP contribution in [-0.4, -0.2) is 15.1 Å². The van der Waals surface area contributed by atoms with Crippen molar-refractivity contribution in [3.8, 4) is 11.5 Å². The molecule has 0 bridgehead atoms. The summed E-state index contributed by atoms with van der Waals surface area (Å²) in [5, 5.41) is 8.93. The lowest BCUT2D eigenvalue weighted by atomic mass is 10.3. The van der Waals surface area contributed by atoms with Crippen LogP contribution in [0.2, 0.25) is 0 Å². The fourth-order valence-electron chi connectivity index (χ4n) is 1.19. The van der Waals surface area contributed by atoms with Gasteiger partial charge in [0.15, 0.2) is 0 Å². The molecule has 5 heteroatoms. The van der Waals surface area contributed by atoms with Crippen LogP contribution < -0.4 is 4.74 Å². The summed E-state index contributed by atoms with van der Waals surface area (Å²) >= 11 is 3.31. The van der Waals surface area contributed by atoms with Crippen LogP contribution in [0.15, 0.2) is 41.3 Å². The van der Waals surface area contributed by atoms with Crippen molar-refractivity contribution in [2.24, 2.45) is 0 Å². The highest BCUT2D eigenvalue weighted by Gasteiger charge is 2.00. The number of aliphatic hydroxyl groups excluding tert-OH is 1. The normalized spacial score (nSPS) is 10.1. The van der Waals surface area contributed by atoms with Crippen LogP contribution in [0.25, 0.3) is 0 Å². The average molecular weight is 281 g/mol. The van der Waals surface area contributed by atoms with Crippen molar-refractivity contribution in [2.45, 2.75) is 6.61 Å². The molecule has 2 aromatic heterocycles. The van der Waals surface area contributed by atoms with Crippen LogP contribution in [0.1, 0.15) is 5.69 Å². The van der Waals surface area contributed by atoms with Gasteiger partial charge in [-0.1, -0.05) is 0 Å². The monoisotopic (exact) mass is 280 g/mol. The van der Waals surface area contributed by atoms with Crippen LogP contribution in [0.4, 0.5) is 0 Å². The van der Waals surface area contributed by atoms with Gasteiger partial charge in [-0.15, -0.1) is 0 Å². The molecule has 0 saturated carbocycles. The Balaban J connectivity index is 2.20. The van der Waals surface area contributed by atoms with E-state index in [2.05, 4.69) is 25.9 Å². The Morgan fingerprint density at radius 3 is 2.88 bits per heavy atom. The topological polar surface area (TPSA) is 55.2 Å². The summed E-state index contributed by atoms with van der Waals surface area (Å²) in [7, 11) is 0. The Hall–Kier alpha value is -1.46. The van der Waals surface area contributed by atoms with Gasteiger partial charge in [0.2, 0.25) is 0 Å². The van der Waals surface area contributed by atoms with Crippen molar-refractivity contribution in [1.29, 1.82) is 0 Å². The smallest absolute Gasteiger partial charge is 0.146 e. The van der Waals surface area contributed by atoms with E-state index in [9.17, 15) is 0 Å². The number of hydrogen-bond donors (Lipinski definition) is 1. The van der Waals surface area contributed by atoms with Crippen molar-refractivity contribution in [2.75, 3.05) is 0 Å². The SMILES string of the molecule is OCc1cc(Oc2cncc(Br)c2)ccn1. The van der Waals surface area contributed by atoms with E-state index in [4.69, 9.17) is 9.84 Å². The first kappa shape index (κ1) is 11.0. The lowest BCUT2D eigenvalue weighted by Crippen LogP contribution is -1.91. The first-order valence-electron chi connectivity index (χ1n) is 4.62. The minimum absolute atomic E-state index is 0.103. The molecule has 0 unspecified atom stereocenters. The van der Waals surface area contributed by atoms with Crippen LogP contribution in [0.5, 0.6) is 11.5 Å². The minimum atomic E-state index is -0.103. The van der Waals surface area contributed by atoms with E-state index >= 15 is 0 Å². The molecule has 0 radical (unpaired) electrons. The molecule has 0 amide bonds. The van der Waals surface area contributed by atoms with E-state index in [1.165, 1.54) is 0 Å². The number of ether oxygens (including phenoxy) is 1. The van der Waals surface area contributed by atoms with Crippen molar-refractivity contribution in [1.82, 2.24) is 9.97 Å². The van der Waals surface area contributed by atoms with Gasteiger partial charge in [-0.25, -0.2) is 0 Å². The van der Waals surface area contributed by atoms with Gasteiger partial charge in [-0.05, 0) is 28.1 Å². The molecule has 4 nitrogen and oxygen atoms in total. The Morgan fingerprint density at radius 2 is 2.12 bits per heavy atom. The number of aliphatic hydroxyl groups is 1. The Bertz CT molecular complexity index is 491. The maximum Gasteiger partial charge on any atom is 0.146 e. The summed E-state index contributed by atoms with van der Waals surface area (Å²) in [6.07, 6.45) is 4.88. The molecule has 2 rings (SSSR count). The molecule has 0 aliphatic rings. The standard InChI is InChI=1S/C11H9BrN2O2/c12-8-3-11(6-13-5-8)16-10-1-2-14-9(4-10)7-15/h1-6,15H,7H2. The highest BCUT2D eigenvalue weighted by atomic mass is 79.9. The molecule has 16 heavy (non-hydrogen) atoms. The number of pyridine rings is 2. The van der Waals surface area contributed by atoms with E-state index in [1.807, 2.05) is 6.07 Å². The van der Waals surface area contributed by atoms with Crippen molar-refractivity contribution in [3.05, 3.63) is 47.0 Å². The molecule has 0 saturated heterocycles. The summed E-state index contributed by atoms with van der Waals surface area (Å²) in [4.78, 5) is 7.95. The molecule has 0 aliphatic carbocycles. The number of hydrogen-bond acceptors (Lipinski definition) is 4. The van der Waals surface area contributed by atoms with Gasteiger partial charge in [0.25, 0.3) is 0 Å². The van der Waals surface area contributed by atoms with Crippen molar-refractivity contribution >= 4 is 15.9 Å². The van der Waals surface area contributed by atoms with E-state index in [0.717, 1.165) is 4.47 Å². The zero-order chi connectivity index (χ0) is 11.4. The molecule has 82 valence electrons. The summed E-state index contributed by atoms with van der Waals surface area (Å²) in [5.41, 5.74) is 0.570. The third-order valence-electron chi connectivity index (χ3n) is 1.87. The van der Waals surface area contributed by atoms with Crippen molar-refractivity contribution < 1.29 is 9.84 Å². The quantitative estimate of drug-likeness (QED) is 0.939. The predicted octanol–water partition coefficient (Wildman–Crippen LogP) is 2.52. The van der Waals surface area contributed by atoms with E-state index in [-0.39, 0.29) is 6.61 Å². The largest absolute Gasteiger partial charge is 0.456 e. The maximum atomic E-state index is 8.93. The van der Waals surface area contributed by atoms with Gasteiger partial charge in [0.05, 0.1) is 18.5 Å². The Kier molecular flexibility index (Phi) is 3.48. The highest BCUT2D eigenvalue weighted by Crippen LogP contribution is 2.23. The minimum Gasteiger partial charge on any atom is -0.456 e. The third-order valence-corrected chi connectivity index (χ3v) is 2.30.